The fourth-order valence-electron chi connectivity index (χ4n) is 4.95. The number of para-hydroxylation sites is 2. The molecule has 0 saturated carbocycles. The van der Waals surface area contributed by atoms with Crippen molar-refractivity contribution in [1.29, 1.82) is 0 Å². The molecule has 1 amide bonds. The number of benzene rings is 3. The van der Waals surface area contributed by atoms with E-state index < -0.39 is 0 Å². The molecule has 6 heteroatoms. The molecule has 1 fully saturated rings. The lowest BCUT2D eigenvalue weighted by atomic mass is 10.0. The largest absolute Gasteiger partial charge is 0.454 e. The van der Waals surface area contributed by atoms with E-state index in [1.807, 2.05) is 41.3 Å². The van der Waals surface area contributed by atoms with Crippen LogP contribution in [0.5, 0.6) is 11.5 Å². The second-order valence-electron chi connectivity index (χ2n) is 9.38. The molecule has 0 bridgehead atoms. The zero-order valence-electron chi connectivity index (χ0n) is 19.4. The van der Waals surface area contributed by atoms with Gasteiger partial charge in [-0.25, -0.2) is 4.98 Å². The van der Waals surface area contributed by atoms with Crippen LogP contribution in [0.3, 0.4) is 0 Å². The SMILES string of the molecule is CC(C)c1ccc(Cn2c(C3CC(=O)N(c4ccc5c(c4)OCO5)C3)nc3ccccc32)cc1. The molecular formula is C28H27N3O3. The third-order valence-corrected chi connectivity index (χ3v) is 6.83. The van der Waals surface area contributed by atoms with E-state index in [0.29, 0.717) is 24.6 Å². The van der Waals surface area contributed by atoms with Crippen LogP contribution in [0.15, 0.2) is 66.7 Å². The van der Waals surface area contributed by atoms with Crippen molar-refractivity contribution < 1.29 is 14.3 Å². The van der Waals surface area contributed by atoms with Gasteiger partial charge in [-0.2, -0.15) is 0 Å². The van der Waals surface area contributed by atoms with Gasteiger partial charge in [0, 0.05) is 37.2 Å². The number of rotatable bonds is 5. The van der Waals surface area contributed by atoms with Gasteiger partial charge in [-0.1, -0.05) is 50.2 Å². The smallest absolute Gasteiger partial charge is 0.231 e. The van der Waals surface area contributed by atoms with E-state index in [2.05, 4.69) is 48.7 Å². The molecule has 1 aromatic heterocycles. The van der Waals surface area contributed by atoms with Gasteiger partial charge in [0.2, 0.25) is 12.7 Å². The maximum atomic E-state index is 13.1. The van der Waals surface area contributed by atoms with Gasteiger partial charge < -0.3 is 18.9 Å². The average Bonchev–Trinajstić information content (AvgIpc) is 3.56. The molecule has 1 saturated heterocycles. The summed E-state index contributed by atoms with van der Waals surface area (Å²) in [5.74, 6) is 2.99. The van der Waals surface area contributed by atoms with Gasteiger partial charge in [-0.3, -0.25) is 4.79 Å². The quantitative estimate of drug-likeness (QED) is 0.403. The first-order valence-corrected chi connectivity index (χ1v) is 11.8. The molecule has 172 valence electrons. The second-order valence-corrected chi connectivity index (χ2v) is 9.38. The Morgan fingerprint density at radius 2 is 1.79 bits per heavy atom. The fraction of sp³-hybridized carbons (Fsp3) is 0.286. The predicted octanol–water partition coefficient (Wildman–Crippen LogP) is 5.46. The minimum Gasteiger partial charge on any atom is -0.454 e. The van der Waals surface area contributed by atoms with Crippen molar-refractivity contribution in [1.82, 2.24) is 9.55 Å². The summed E-state index contributed by atoms with van der Waals surface area (Å²) in [7, 11) is 0. The lowest BCUT2D eigenvalue weighted by Crippen LogP contribution is -2.24. The highest BCUT2D eigenvalue weighted by Crippen LogP contribution is 2.39. The maximum absolute atomic E-state index is 13.1. The van der Waals surface area contributed by atoms with Gasteiger partial charge >= 0.3 is 0 Å². The van der Waals surface area contributed by atoms with E-state index in [1.165, 1.54) is 11.1 Å². The van der Waals surface area contributed by atoms with Crippen LogP contribution in [0.25, 0.3) is 11.0 Å². The lowest BCUT2D eigenvalue weighted by molar-refractivity contribution is -0.117. The van der Waals surface area contributed by atoms with Crippen LogP contribution < -0.4 is 14.4 Å². The van der Waals surface area contributed by atoms with Crippen LogP contribution in [0, 0.1) is 0 Å². The zero-order valence-corrected chi connectivity index (χ0v) is 19.4. The van der Waals surface area contributed by atoms with Gasteiger partial charge in [-0.15, -0.1) is 0 Å². The number of amides is 1. The summed E-state index contributed by atoms with van der Waals surface area (Å²) < 4.78 is 13.2. The maximum Gasteiger partial charge on any atom is 0.231 e. The Bertz CT molecular complexity index is 1370. The molecule has 3 aromatic carbocycles. The van der Waals surface area contributed by atoms with E-state index in [4.69, 9.17) is 14.5 Å². The van der Waals surface area contributed by atoms with Gasteiger partial charge in [0.15, 0.2) is 11.5 Å². The zero-order chi connectivity index (χ0) is 23.2. The first-order valence-electron chi connectivity index (χ1n) is 11.8. The predicted molar refractivity (Wildman–Crippen MR) is 132 cm³/mol. The van der Waals surface area contributed by atoms with E-state index in [9.17, 15) is 4.79 Å². The molecule has 2 aliphatic rings. The molecule has 1 atom stereocenters. The van der Waals surface area contributed by atoms with Crippen LogP contribution in [0.1, 0.15) is 49.1 Å². The number of anilines is 1. The third-order valence-electron chi connectivity index (χ3n) is 6.83. The molecule has 4 aromatic rings. The highest BCUT2D eigenvalue weighted by Gasteiger charge is 2.35. The average molecular weight is 454 g/mol. The summed E-state index contributed by atoms with van der Waals surface area (Å²) in [4.78, 5) is 19.9. The monoisotopic (exact) mass is 453 g/mol. The molecule has 0 aliphatic carbocycles. The van der Waals surface area contributed by atoms with Crippen molar-refractivity contribution in [2.45, 2.75) is 38.6 Å². The Balaban J connectivity index is 1.33. The van der Waals surface area contributed by atoms with Gasteiger partial charge in [-0.05, 0) is 41.3 Å². The molecular weight excluding hydrogens is 426 g/mol. The van der Waals surface area contributed by atoms with Gasteiger partial charge in [0.05, 0.1) is 11.0 Å². The standard InChI is InChI=1S/C28H27N3O3/c1-18(2)20-9-7-19(8-10-20)15-31-24-6-4-3-5-23(24)29-28(31)21-13-27(32)30(16-21)22-11-12-25-26(14-22)34-17-33-25/h3-12,14,18,21H,13,15-17H2,1-2H3. The van der Waals surface area contributed by atoms with E-state index in [-0.39, 0.29) is 18.6 Å². The fourth-order valence-corrected chi connectivity index (χ4v) is 4.95. The molecule has 1 unspecified atom stereocenters. The summed E-state index contributed by atoms with van der Waals surface area (Å²) in [6.45, 7) is 5.95. The van der Waals surface area contributed by atoms with Crippen LogP contribution in [0.2, 0.25) is 0 Å². The normalized spacial score (nSPS) is 17.3. The number of hydrogen-bond donors (Lipinski definition) is 0. The van der Waals surface area contributed by atoms with E-state index >= 15 is 0 Å². The van der Waals surface area contributed by atoms with Crippen LogP contribution >= 0.6 is 0 Å². The summed E-state index contributed by atoms with van der Waals surface area (Å²) in [6.07, 6.45) is 0.435. The molecule has 0 spiro atoms. The number of hydrogen-bond acceptors (Lipinski definition) is 4. The number of ether oxygens (including phenoxy) is 2. The Morgan fingerprint density at radius 3 is 2.62 bits per heavy atom. The first-order chi connectivity index (χ1) is 16.6. The summed E-state index contributed by atoms with van der Waals surface area (Å²) in [6, 6.07) is 22.7. The van der Waals surface area contributed by atoms with Crippen LogP contribution in [-0.2, 0) is 11.3 Å². The molecule has 0 radical (unpaired) electrons. The van der Waals surface area contributed by atoms with Crippen molar-refractivity contribution >= 4 is 22.6 Å². The lowest BCUT2D eigenvalue weighted by Gasteiger charge is -2.18. The Labute approximate surface area is 198 Å². The summed E-state index contributed by atoms with van der Waals surface area (Å²) >= 11 is 0. The van der Waals surface area contributed by atoms with Crippen molar-refractivity contribution in [3.05, 3.63) is 83.7 Å². The molecule has 6 nitrogen and oxygen atoms in total. The molecule has 34 heavy (non-hydrogen) atoms. The van der Waals surface area contributed by atoms with E-state index in [0.717, 1.165) is 34.8 Å². The number of fused-ring (bicyclic) bond motifs is 2. The highest BCUT2D eigenvalue weighted by atomic mass is 16.7. The van der Waals surface area contributed by atoms with Gasteiger partial charge in [0.1, 0.15) is 5.82 Å². The summed E-state index contributed by atoms with van der Waals surface area (Å²) in [5.41, 5.74) is 5.46. The highest BCUT2D eigenvalue weighted by molar-refractivity contribution is 5.97. The number of nitrogens with zero attached hydrogens (tertiary/aromatic N) is 3. The van der Waals surface area contributed by atoms with Crippen molar-refractivity contribution in [3.63, 3.8) is 0 Å². The van der Waals surface area contributed by atoms with Crippen molar-refractivity contribution in [3.8, 4) is 11.5 Å². The number of carbonyl (C=O) groups excluding carboxylic acids is 1. The number of aromatic nitrogens is 2. The van der Waals surface area contributed by atoms with E-state index in [1.54, 1.807) is 0 Å². The minimum atomic E-state index is 0.0141. The molecule has 0 N–H and O–H groups in total. The molecule has 3 heterocycles. The first kappa shape index (κ1) is 20.8. The molecule has 6 rings (SSSR count). The number of carbonyl (C=O) groups is 1. The topological polar surface area (TPSA) is 56.6 Å². The minimum absolute atomic E-state index is 0.0141. The third kappa shape index (κ3) is 3.59. The second kappa shape index (κ2) is 8.20. The Morgan fingerprint density at radius 1 is 1.00 bits per heavy atom. The summed E-state index contributed by atoms with van der Waals surface area (Å²) in [5, 5.41) is 0. The van der Waals surface area contributed by atoms with Crippen LogP contribution in [-0.4, -0.2) is 28.8 Å². The van der Waals surface area contributed by atoms with Crippen LogP contribution in [0.4, 0.5) is 5.69 Å². The Hall–Kier alpha value is -3.80. The molecule has 2 aliphatic heterocycles. The van der Waals surface area contributed by atoms with Crippen molar-refractivity contribution in [2.24, 2.45) is 0 Å². The Kier molecular flexibility index (Phi) is 5.01. The van der Waals surface area contributed by atoms with Crippen molar-refractivity contribution in [2.75, 3.05) is 18.2 Å². The number of imidazole rings is 1. The van der Waals surface area contributed by atoms with Gasteiger partial charge in [0.25, 0.3) is 0 Å².